The number of unbranched alkanes of at least 4 members (excludes halogenated alkanes) is 2. The van der Waals surface area contributed by atoms with Gasteiger partial charge in [-0.05, 0) is 61.8 Å². The number of fused-ring (bicyclic) bond motifs is 5. The lowest BCUT2D eigenvalue weighted by atomic mass is 9.98. The molecule has 14 heteroatoms. The molecule has 66 heavy (non-hydrogen) atoms. The zero-order valence-electron chi connectivity index (χ0n) is 40.0. The van der Waals surface area contributed by atoms with Gasteiger partial charge in [0.25, 0.3) is 0 Å². The van der Waals surface area contributed by atoms with Gasteiger partial charge < -0.3 is 35.6 Å². The average Bonchev–Trinajstić information content (AvgIpc) is 4.10. The van der Waals surface area contributed by atoms with Crippen molar-refractivity contribution in [3.63, 3.8) is 0 Å². The van der Waals surface area contributed by atoms with Crippen molar-refractivity contribution < 1.29 is 38.3 Å². The molecule has 0 spiro atoms. The molecule has 6 unspecified atom stereocenters. The van der Waals surface area contributed by atoms with Crippen molar-refractivity contribution >= 4 is 64.7 Å². The number of hydrogen-bond acceptors (Lipinski definition) is 10. The number of benzene rings is 2. The van der Waals surface area contributed by atoms with Gasteiger partial charge in [-0.3, -0.25) is 14.4 Å². The first-order valence-electron chi connectivity index (χ1n) is 24.0. The molecule has 5 aliphatic rings. The van der Waals surface area contributed by atoms with E-state index >= 15 is 0 Å². The number of amides is 4. The van der Waals surface area contributed by atoms with Crippen LogP contribution in [0.15, 0.2) is 48.5 Å². The summed E-state index contributed by atoms with van der Waals surface area (Å²) in [4.78, 5) is 78.5. The van der Waals surface area contributed by atoms with Gasteiger partial charge in [-0.2, -0.15) is 23.5 Å². The number of hydrogen-bond donors (Lipinski definition) is 4. The Labute approximate surface area is 404 Å². The lowest BCUT2D eigenvalue weighted by Crippen LogP contribution is -2.36. The van der Waals surface area contributed by atoms with E-state index in [9.17, 15) is 33.6 Å². The largest absolute Gasteiger partial charge is 0.465 e. The number of esters is 1. The number of Topliss-reactive ketones (excluding diaryl/α,β-unsaturated/α-hetero) is 4. The molecular weight excluding hydrogens is 873 g/mol. The fourth-order valence-electron chi connectivity index (χ4n) is 8.22. The normalized spacial score (nSPS) is 21.1. The first-order chi connectivity index (χ1) is 31.3. The zero-order chi connectivity index (χ0) is 47.7. The van der Waals surface area contributed by atoms with Gasteiger partial charge >= 0.3 is 18.0 Å². The number of thioether (sulfide) groups is 2. The second kappa shape index (κ2) is 31.7. The van der Waals surface area contributed by atoms with Gasteiger partial charge in [0, 0.05) is 72.9 Å². The van der Waals surface area contributed by atoms with E-state index in [1.807, 2.05) is 42.6 Å². The van der Waals surface area contributed by atoms with Crippen LogP contribution in [0.5, 0.6) is 0 Å². The van der Waals surface area contributed by atoms with Gasteiger partial charge in [-0.15, -0.1) is 0 Å². The highest BCUT2D eigenvalue weighted by Gasteiger charge is 2.43. The van der Waals surface area contributed by atoms with E-state index in [4.69, 9.17) is 4.74 Å². The van der Waals surface area contributed by atoms with E-state index in [0.717, 1.165) is 50.0 Å². The van der Waals surface area contributed by atoms with Crippen LogP contribution < -0.4 is 21.3 Å². The van der Waals surface area contributed by atoms with Crippen LogP contribution >= 0.6 is 23.5 Å². The molecule has 4 amide bonds. The maximum atomic E-state index is 11.5. The van der Waals surface area contributed by atoms with E-state index in [2.05, 4.69) is 85.4 Å². The highest BCUT2D eigenvalue weighted by atomic mass is 32.2. The molecule has 4 saturated heterocycles. The summed E-state index contributed by atoms with van der Waals surface area (Å²) in [7, 11) is 0. The Balaban J connectivity index is 0.000000318. The number of ketones is 4. The third kappa shape index (κ3) is 19.6. The Hall–Kier alpha value is -4.17. The molecular formula is C52H80N4O8S2. The molecule has 4 fully saturated rings. The maximum absolute atomic E-state index is 11.5. The average molecular weight is 953 g/mol. The van der Waals surface area contributed by atoms with Crippen LogP contribution in [-0.4, -0.2) is 93.9 Å². The van der Waals surface area contributed by atoms with Gasteiger partial charge in [0.05, 0.1) is 24.2 Å². The van der Waals surface area contributed by atoms with Gasteiger partial charge in [0.15, 0.2) is 0 Å². The summed E-state index contributed by atoms with van der Waals surface area (Å²) in [6, 6.07) is 17.6. The van der Waals surface area contributed by atoms with Crippen molar-refractivity contribution in [2.75, 3.05) is 18.1 Å². The molecule has 0 radical (unpaired) electrons. The Morgan fingerprint density at radius 2 is 0.970 bits per heavy atom. The lowest BCUT2D eigenvalue weighted by Gasteiger charge is -2.16. The molecule has 368 valence electrons. The minimum absolute atomic E-state index is 0. The quantitative estimate of drug-likeness (QED) is 0.0602. The molecule has 2 aromatic rings. The Morgan fingerprint density at radius 1 is 0.576 bits per heavy atom. The van der Waals surface area contributed by atoms with Gasteiger partial charge in [-0.1, -0.05) is 116 Å². The van der Waals surface area contributed by atoms with E-state index in [0.29, 0.717) is 62.1 Å². The zero-order valence-corrected chi connectivity index (χ0v) is 41.6. The molecule has 6 atom stereocenters. The van der Waals surface area contributed by atoms with Crippen molar-refractivity contribution in [1.82, 2.24) is 21.3 Å². The Bertz CT molecular complexity index is 1740. The van der Waals surface area contributed by atoms with Crippen molar-refractivity contribution in [3.05, 3.63) is 59.7 Å². The predicted octanol–water partition coefficient (Wildman–Crippen LogP) is 10.5. The highest BCUT2D eigenvalue weighted by Crippen LogP contribution is 2.44. The molecule has 0 saturated carbocycles. The number of carbonyl (C=O) groups excluding carboxylic acids is 7. The molecule has 0 aromatic heterocycles. The van der Waals surface area contributed by atoms with Crippen LogP contribution in [-0.2, 0) is 28.7 Å². The van der Waals surface area contributed by atoms with Gasteiger partial charge in [0.1, 0.15) is 29.7 Å². The van der Waals surface area contributed by atoms with Crippen LogP contribution in [0.1, 0.15) is 169 Å². The Kier molecular flexibility index (Phi) is 27.9. The Morgan fingerprint density at radius 3 is 1.35 bits per heavy atom. The molecule has 1 aliphatic carbocycles. The fraction of sp³-hybridized carbons (Fsp3) is 0.635. The first kappa shape index (κ1) is 58.0. The maximum Gasteiger partial charge on any atom is 0.315 e. The number of urea groups is 2. The second-order valence-corrected chi connectivity index (χ2v) is 19.9. The third-order valence-electron chi connectivity index (χ3n) is 11.4. The van der Waals surface area contributed by atoms with Crippen LogP contribution in [0.2, 0.25) is 0 Å². The monoisotopic (exact) mass is 953 g/mol. The summed E-state index contributed by atoms with van der Waals surface area (Å²) in [6.07, 6.45) is 11.4. The molecule has 4 aliphatic heterocycles. The smallest absolute Gasteiger partial charge is 0.315 e. The number of carbonyl (C=O) groups is 7. The van der Waals surface area contributed by atoms with Crippen LogP contribution in [0.4, 0.5) is 9.59 Å². The van der Waals surface area contributed by atoms with Crippen molar-refractivity contribution in [3.8, 4) is 11.1 Å². The minimum Gasteiger partial charge on any atom is -0.465 e. The summed E-state index contributed by atoms with van der Waals surface area (Å²) >= 11 is 3.81. The minimum atomic E-state index is -0.137. The molecule has 4 N–H and O–H groups in total. The SMILES string of the molecule is C.CC(=O)CCC(=O)CCCCC1SCC2NC(=O)NC21.CC(=O)CCC(=O)CCCCC1SCC2NC(=O)NC21.CCC.CCC.CCC(=O)OCC1c2ccccc2-c2ccccc21. The molecule has 12 nitrogen and oxygen atoms in total. The van der Waals surface area contributed by atoms with Crippen molar-refractivity contribution in [1.29, 1.82) is 0 Å². The van der Waals surface area contributed by atoms with E-state index < -0.39 is 0 Å². The standard InChI is InChI=1S/C17H16O2.2C14H22N2O3S.2C3H8.CH4/c1-2-17(18)19-11-16-14-9-5-3-7-12(14)13-8-4-6-10-15(13)16;2*1-9(17)6-7-10(18)4-2-3-5-12-13-11(8-20-12)15-14(19)16-13;2*1-3-2;/h3-10,16H,2,11H2,1H3;2*11-13H,2-8H2,1H3,(H2,15,16,19);2*3H2,1-2H3;1H4. The predicted molar refractivity (Wildman–Crippen MR) is 271 cm³/mol. The van der Waals surface area contributed by atoms with Crippen LogP contribution in [0.3, 0.4) is 0 Å². The summed E-state index contributed by atoms with van der Waals surface area (Å²) in [5.41, 5.74) is 5.03. The lowest BCUT2D eigenvalue weighted by molar-refractivity contribution is -0.143. The second-order valence-electron chi connectivity index (χ2n) is 17.4. The number of rotatable bonds is 19. The molecule has 2 aromatic carbocycles. The fourth-order valence-corrected chi connectivity index (χ4v) is 11.3. The van der Waals surface area contributed by atoms with Crippen LogP contribution in [0.25, 0.3) is 11.1 Å². The summed E-state index contributed by atoms with van der Waals surface area (Å²) in [5, 5.41) is 12.7. The summed E-state index contributed by atoms with van der Waals surface area (Å²) in [6.45, 7) is 13.8. The first-order valence-corrected chi connectivity index (χ1v) is 26.1. The van der Waals surface area contributed by atoms with E-state index in [-0.39, 0.29) is 78.7 Å². The molecule has 4 heterocycles. The van der Waals surface area contributed by atoms with Crippen molar-refractivity contribution in [2.45, 2.75) is 193 Å². The van der Waals surface area contributed by atoms with Crippen molar-refractivity contribution in [2.24, 2.45) is 0 Å². The van der Waals surface area contributed by atoms with Gasteiger partial charge in [-0.25, -0.2) is 9.59 Å². The third-order valence-corrected chi connectivity index (χ3v) is 14.5. The number of ether oxygens (including phenoxy) is 1. The topological polar surface area (TPSA) is 177 Å². The number of nitrogens with one attached hydrogen (secondary N) is 4. The van der Waals surface area contributed by atoms with E-state index in [1.54, 1.807) is 0 Å². The molecule has 7 rings (SSSR count). The van der Waals surface area contributed by atoms with Crippen LogP contribution in [0, 0.1) is 0 Å². The molecule has 0 bridgehead atoms. The van der Waals surface area contributed by atoms with Gasteiger partial charge in [0.2, 0.25) is 0 Å². The van der Waals surface area contributed by atoms with E-state index in [1.165, 1.54) is 48.9 Å². The highest BCUT2D eigenvalue weighted by molar-refractivity contribution is 8.00. The summed E-state index contributed by atoms with van der Waals surface area (Å²) in [5.74, 6) is 2.52. The summed E-state index contributed by atoms with van der Waals surface area (Å²) < 4.78 is 5.35.